The van der Waals surface area contributed by atoms with Crippen LogP contribution < -0.4 is 11.5 Å². The van der Waals surface area contributed by atoms with Gasteiger partial charge in [-0.1, -0.05) is 11.6 Å². The molecule has 2 rings (SSSR count). The molecule has 0 aliphatic heterocycles. The summed E-state index contributed by atoms with van der Waals surface area (Å²) < 4.78 is 15.3. The summed E-state index contributed by atoms with van der Waals surface area (Å²) in [5, 5.41) is 3.77. The fourth-order valence-electron chi connectivity index (χ4n) is 1.68. The number of carbonyl (C=O) groups is 1. The fraction of sp³-hybridized carbons (Fsp3) is 0.167. The summed E-state index contributed by atoms with van der Waals surface area (Å²) in [4.78, 5) is 13.1. The van der Waals surface area contributed by atoms with Gasteiger partial charge < -0.3 is 16.4 Å². The van der Waals surface area contributed by atoms with Gasteiger partial charge in [-0.2, -0.15) is 5.10 Å². The number of benzene rings is 1. The van der Waals surface area contributed by atoms with Crippen LogP contribution in [-0.2, 0) is 0 Å². The van der Waals surface area contributed by atoms with Crippen molar-refractivity contribution in [3.05, 3.63) is 34.9 Å². The van der Waals surface area contributed by atoms with E-state index in [2.05, 4.69) is 5.10 Å². The molecule has 0 saturated carbocycles. The van der Waals surface area contributed by atoms with E-state index in [1.54, 1.807) is 14.1 Å². The summed E-state index contributed by atoms with van der Waals surface area (Å²) in [5.74, 6) is -1.08. The minimum atomic E-state index is -0.781. The summed E-state index contributed by atoms with van der Waals surface area (Å²) in [5.41, 5.74) is 11.5. The second-order valence-electron chi connectivity index (χ2n) is 4.38. The standard InChI is InChI=1S/C12H13ClFN5O/c1-18(2)12(20)8-3-4-19(17-8)11-7(16)5-6(15)9(13)10(11)14/h3-5H,15-16H2,1-2H3. The van der Waals surface area contributed by atoms with E-state index in [-0.39, 0.29) is 33.7 Å². The molecule has 0 spiro atoms. The van der Waals surface area contributed by atoms with E-state index in [0.29, 0.717) is 0 Å². The average Bonchev–Trinajstić information content (AvgIpc) is 2.84. The Bertz CT molecular complexity index is 683. The van der Waals surface area contributed by atoms with E-state index in [1.807, 2.05) is 0 Å². The minimum Gasteiger partial charge on any atom is -0.397 e. The van der Waals surface area contributed by atoms with Crippen LogP contribution in [0, 0.1) is 5.82 Å². The molecule has 6 nitrogen and oxygen atoms in total. The van der Waals surface area contributed by atoms with Crippen molar-refractivity contribution in [2.75, 3.05) is 25.6 Å². The maximum atomic E-state index is 14.1. The molecule has 106 valence electrons. The molecule has 1 aromatic heterocycles. The first-order valence-corrected chi connectivity index (χ1v) is 6.01. The summed E-state index contributed by atoms with van der Waals surface area (Å²) >= 11 is 5.75. The molecule has 4 N–H and O–H groups in total. The zero-order chi connectivity index (χ0) is 15.0. The molecule has 0 fully saturated rings. The van der Waals surface area contributed by atoms with Crippen LogP contribution >= 0.6 is 11.6 Å². The fourth-order valence-corrected chi connectivity index (χ4v) is 1.83. The quantitative estimate of drug-likeness (QED) is 0.823. The van der Waals surface area contributed by atoms with Crippen LogP contribution in [0.25, 0.3) is 5.69 Å². The maximum absolute atomic E-state index is 14.1. The Labute approximate surface area is 119 Å². The van der Waals surface area contributed by atoms with Crippen LogP contribution in [0.3, 0.4) is 0 Å². The van der Waals surface area contributed by atoms with Gasteiger partial charge in [0.05, 0.1) is 11.4 Å². The molecule has 0 saturated heterocycles. The van der Waals surface area contributed by atoms with Gasteiger partial charge in [0, 0.05) is 20.3 Å². The molecule has 2 aromatic rings. The largest absolute Gasteiger partial charge is 0.397 e. The van der Waals surface area contributed by atoms with E-state index in [1.165, 1.54) is 23.2 Å². The third kappa shape index (κ3) is 2.27. The van der Waals surface area contributed by atoms with Gasteiger partial charge in [0.25, 0.3) is 5.91 Å². The van der Waals surface area contributed by atoms with Gasteiger partial charge >= 0.3 is 0 Å². The Hall–Kier alpha value is -2.28. The van der Waals surface area contributed by atoms with Crippen molar-refractivity contribution < 1.29 is 9.18 Å². The second kappa shape index (κ2) is 5.01. The molecule has 0 atom stereocenters. The molecule has 1 amide bonds. The first-order chi connectivity index (χ1) is 9.32. The molecule has 1 heterocycles. The Morgan fingerprint density at radius 3 is 2.65 bits per heavy atom. The zero-order valence-corrected chi connectivity index (χ0v) is 11.6. The molecule has 0 radical (unpaired) electrons. The lowest BCUT2D eigenvalue weighted by atomic mass is 10.2. The number of rotatable bonds is 2. The summed E-state index contributed by atoms with van der Waals surface area (Å²) in [6, 6.07) is 2.81. The first-order valence-electron chi connectivity index (χ1n) is 5.63. The highest BCUT2D eigenvalue weighted by molar-refractivity contribution is 6.33. The number of nitrogens with two attached hydrogens (primary N) is 2. The van der Waals surface area contributed by atoms with Crippen LogP contribution in [0.15, 0.2) is 18.3 Å². The smallest absolute Gasteiger partial charge is 0.273 e. The van der Waals surface area contributed by atoms with E-state index in [9.17, 15) is 9.18 Å². The Morgan fingerprint density at radius 2 is 2.05 bits per heavy atom. The van der Waals surface area contributed by atoms with Crippen molar-refractivity contribution in [3.63, 3.8) is 0 Å². The average molecular weight is 298 g/mol. The lowest BCUT2D eigenvalue weighted by Crippen LogP contribution is -2.22. The van der Waals surface area contributed by atoms with Crippen molar-refractivity contribution in [3.8, 4) is 5.69 Å². The normalized spacial score (nSPS) is 10.6. The van der Waals surface area contributed by atoms with Gasteiger partial charge in [0.2, 0.25) is 0 Å². The second-order valence-corrected chi connectivity index (χ2v) is 4.75. The maximum Gasteiger partial charge on any atom is 0.273 e. The van der Waals surface area contributed by atoms with Crippen molar-refractivity contribution in [2.24, 2.45) is 0 Å². The van der Waals surface area contributed by atoms with Gasteiger partial charge in [0.15, 0.2) is 11.5 Å². The number of hydrogen-bond donors (Lipinski definition) is 2. The number of carbonyl (C=O) groups excluding carboxylic acids is 1. The number of halogens is 2. The van der Waals surface area contributed by atoms with E-state index in [4.69, 9.17) is 23.1 Å². The number of nitrogen functional groups attached to an aromatic ring is 2. The molecular weight excluding hydrogens is 285 g/mol. The van der Waals surface area contributed by atoms with Gasteiger partial charge in [-0.3, -0.25) is 4.79 Å². The molecule has 0 bridgehead atoms. The zero-order valence-electron chi connectivity index (χ0n) is 10.9. The van der Waals surface area contributed by atoms with Crippen LogP contribution in [0.4, 0.5) is 15.8 Å². The number of anilines is 2. The van der Waals surface area contributed by atoms with Crippen LogP contribution in [0.2, 0.25) is 5.02 Å². The summed E-state index contributed by atoms with van der Waals surface area (Å²) in [7, 11) is 3.19. The van der Waals surface area contributed by atoms with Crippen molar-refractivity contribution in [1.29, 1.82) is 0 Å². The van der Waals surface area contributed by atoms with Gasteiger partial charge in [0.1, 0.15) is 10.7 Å². The topological polar surface area (TPSA) is 90.2 Å². The Balaban J connectivity index is 2.54. The summed E-state index contributed by atoms with van der Waals surface area (Å²) in [6.07, 6.45) is 1.43. The number of hydrogen-bond acceptors (Lipinski definition) is 4. The number of amides is 1. The molecular formula is C12H13ClFN5O. The van der Waals surface area contributed by atoms with Crippen molar-refractivity contribution in [1.82, 2.24) is 14.7 Å². The molecule has 1 aromatic carbocycles. The highest BCUT2D eigenvalue weighted by atomic mass is 35.5. The molecule has 0 aliphatic rings. The highest BCUT2D eigenvalue weighted by Gasteiger charge is 2.18. The third-order valence-electron chi connectivity index (χ3n) is 2.68. The van der Waals surface area contributed by atoms with Crippen molar-refractivity contribution >= 4 is 28.9 Å². The van der Waals surface area contributed by atoms with E-state index < -0.39 is 5.82 Å². The monoisotopic (exact) mass is 297 g/mol. The third-order valence-corrected chi connectivity index (χ3v) is 3.07. The number of aromatic nitrogens is 2. The summed E-state index contributed by atoms with van der Waals surface area (Å²) in [6.45, 7) is 0. The van der Waals surface area contributed by atoms with Crippen LogP contribution in [0.5, 0.6) is 0 Å². The minimum absolute atomic E-state index is 0.0398. The molecule has 20 heavy (non-hydrogen) atoms. The Kier molecular flexibility index (Phi) is 3.54. The number of nitrogens with zero attached hydrogens (tertiary/aromatic N) is 3. The predicted octanol–water partition coefficient (Wildman–Crippen LogP) is 1.53. The van der Waals surface area contributed by atoms with Crippen LogP contribution in [0.1, 0.15) is 10.5 Å². The van der Waals surface area contributed by atoms with Gasteiger partial charge in [-0.15, -0.1) is 0 Å². The lowest BCUT2D eigenvalue weighted by Gasteiger charge is -2.11. The van der Waals surface area contributed by atoms with E-state index in [0.717, 1.165) is 4.68 Å². The molecule has 8 heteroatoms. The highest BCUT2D eigenvalue weighted by Crippen LogP contribution is 2.32. The van der Waals surface area contributed by atoms with Gasteiger partial charge in [-0.25, -0.2) is 9.07 Å². The molecule has 0 unspecified atom stereocenters. The molecule has 0 aliphatic carbocycles. The predicted molar refractivity (Wildman–Crippen MR) is 75.4 cm³/mol. The van der Waals surface area contributed by atoms with Gasteiger partial charge in [-0.05, 0) is 12.1 Å². The van der Waals surface area contributed by atoms with Crippen LogP contribution in [-0.4, -0.2) is 34.7 Å². The lowest BCUT2D eigenvalue weighted by molar-refractivity contribution is 0.0821. The Morgan fingerprint density at radius 1 is 1.40 bits per heavy atom. The van der Waals surface area contributed by atoms with E-state index >= 15 is 0 Å². The van der Waals surface area contributed by atoms with Crippen molar-refractivity contribution in [2.45, 2.75) is 0 Å². The first kappa shape index (κ1) is 14.1. The SMILES string of the molecule is CN(C)C(=O)c1ccn(-c2c(N)cc(N)c(Cl)c2F)n1.